The highest BCUT2D eigenvalue weighted by Gasteiger charge is 2.08. The Kier molecular flexibility index (Phi) is 4.19. The first-order chi connectivity index (χ1) is 7.15. The van der Waals surface area contributed by atoms with Crippen molar-refractivity contribution >= 4 is 5.91 Å². The van der Waals surface area contributed by atoms with E-state index in [2.05, 4.69) is 15.6 Å². The van der Waals surface area contributed by atoms with Crippen LogP contribution in [0.2, 0.25) is 0 Å². The van der Waals surface area contributed by atoms with Gasteiger partial charge in [-0.2, -0.15) is 0 Å². The first kappa shape index (κ1) is 11.6. The Labute approximate surface area is 87.3 Å². The number of hydrogen-bond donors (Lipinski definition) is 3. The fraction of sp³-hybridized carbons (Fsp3) is 0.625. The zero-order valence-electron chi connectivity index (χ0n) is 8.55. The zero-order valence-corrected chi connectivity index (χ0v) is 8.55. The molecule has 7 nitrogen and oxygen atoms in total. The predicted octanol–water partition coefficient (Wildman–Crippen LogP) is -1.77. The summed E-state index contributed by atoms with van der Waals surface area (Å²) in [5.74, 6) is -0.218. The lowest BCUT2D eigenvalue weighted by Gasteiger charge is -2.09. The number of nitrogens with zero attached hydrogens (tertiary/aromatic N) is 3. The summed E-state index contributed by atoms with van der Waals surface area (Å²) in [6.07, 6.45) is 1.61. The smallest absolute Gasteiger partial charge is 0.242 e. The second-order valence-electron chi connectivity index (χ2n) is 3.26. The monoisotopic (exact) mass is 213 g/mol. The SMILES string of the molecule is CC(CO)NC(=O)Cn1cc(CN)nn1. The second kappa shape index (κ2) is 5.42. The number of aliphatic hydroxyl groups excluding tert-OH is 1. The lowest BCUT2D eigenvalue weighted by atomic mass is 10.3. The van der Waals surface area contributed by atoms with Crippen LogP contribution in [-0.2, 0) is 17.9 Å². The normalized spacial score (nSPS) is 12.5. The van der Waals surface area contributed by atoms with Crippen molar-refractivity contribution in [1.82, 2.24) is 20.3 Å². The Morgan fingerprint density at radius 2 is 2.53 bits per heavy atom. The van der Waals surface area contributed by atoms with Gasteiger partial charge in [-0.1, -0.05) is 5.21 Å². The first-order valence-electron chi connectivity index (χ1n) is 4.65. The van der Waals surface area contributed by atoms with Crippen molar-refractivity contribution in [3.05, 3.63) is 11.9 Å². The second-order valence-corrected chi connectivity index (χ2v) is 3.26. The van der Waals surface area contributed by atoms with E-state index < -0.39 is 0 Å². The number of nitrogens with one attached hydrogen (secondary N) is 1. The zero-order chi connectivity index (χ0) is 11.3. The van der Waals surface area contributed by atoms with E-state index >= 15 is 0 Å². The minimum Gasteiger partial charge on any atom is -0.394 e. The fourth-order valence-electron chi connectivity index (χ4n) is 1.02. The van der Waals surface area contributed by atoms with Crippen molar-refractivity contribution in [2.24, 2.45) is 5.73 Å². The molecule has 0 saturated heterocycles. The van der Waals surface area contributed by atoms with Crippen LogP contribution in [0.4, 0.5) is 0 Å². The summed E-state index contributed by atoms with van der Waals surface area (Å²) in [4.78, 5) is 11.3. The number of aromatic nitrogens is 3. The Hall–Kier alpha value is -1.47. The summed E-state index contributed by atoms with van der Waals surface area (Å²) in [5, 5.41) is 18.8. The molecule has 1 unspecified atom stereocenters. The molecule has 84 valence electrons. The molecule has 0 aromatic carbocycles. The Morgan fingerprint density at radius 3 is 3.07 bits per heavy atom. The Balaban J connectivity index is 2.44. The average molecular weight is 213 g/mol. The molecule has 1 rings (SSSR count). The Bertz CT molecular complexity index is 325. The maximum absolute atomic E-state index is 11.3. The molecule has 4 N–H and O–H groups in total. The van der Waals surface area contributed by atoms with E-state index in [0.717, 1.165) is 0 Å². The molecule has 0 bridgehead atoms. The van der Waals surface area contributed by atoms with Gasteiger partial charge in [0.25, 0.3) is 0 Å². The number of carbonyl (C=O) groups excluding carboxylic acids is 1. The fourth-order valence-corrected chi connectivity index (χ4v) is 1.02. The van der Waals surface area contributed by atoms with Crippen molar-refractivity contribution in [1.29, 1.82) is 0 Å². The van der Waals surface area contributed by atoms with Crippen LogP contribution >= 0.6 is 0 Å². The number of hydrogen-bond acceptors (Lipinski definition) is 5. The van der Waals surface area contributed by atoms with E-state index in [1.54, 1.807) is 13.1 Å². The van der Waals surface area contributed by atoms with Gasteiger partial charge < -0.3 is 16.2 Å². The summed E-state index contributed by atoms with van der Waals surface area (Å²) in [7, 11) is 0. The first-order valence-corrected chi connectivity index (χ1v) is 4.65. The van der Waals surface area contributed by atoms with Crippen LogP contribution in [0, 0.1) is 0 Å². The van der Waals surface area contributed by atoms with E-state index in [1.807, 2.05) is 0 Å². The summed E-state index contributed by atoms with van der Waals surface area (Å²) >= 11 is 0. The molecule has 0 aliphatic rings. The van der Waals surface area contributed by atoms with Gasteiger partial charge in [-0.25, -0.2) is 4.68 Å². The molecule has 1 heterocycles. The van der Waals surface area contributed by atoms with Crippen molar-refractivity contribution in [2.45, 2.75) is 26.1 Å². The highest BCUT2D eigenvalue weighted by molar-refractivity contribution is 5.75. The van der Waals surface area contributed by atoms with Crippen LogP contribution in [0.3, 0.4) is 0 Å². The topological polar surface area (TPSA) is 106 Å². The number of amides is 1. The van der Waals surface area contributed by atoms with Gasteiger partial charge in [-0.05, 0) is 6.92 Å². The van der Waals surface area contributed by atoms with Crippen LogP contribution in [0.5, 0.6) is 0 Å². The minimum atomic E-state index is -0.255. The molecule has 15 heavy (non-hydrogen) atoms. The van der Waals surface area contributed by atoms with E-state index in [0.29, 0.717) is 12.2 Å². The van der Waals surface area contributed by atoms with Gasteiger partial charge in [0.05, 0.1) is 18.5 Å². The summed E-state index contributed by atoms with van der Waals surface area (Å²) < 4.78 is 1.40. The quantitative estimate of drug-likeness (QED) is 0.537. The van der Waals surface area contributed by atoms with Crippen molar-refractivity contribution in [3.8, 4) is 0 Å². The van der Waals surface area contributed by atoms with Crippen LogP contribution in [-0.4, -0.2) is 38.7 Å². The molecule has 1 amide bonds. The predicted molar refractivity (Wildman–Crippen MR) is 52.6 cm³/mol. The lowest BCUT2D eigenvalue weighted by molar-refractivity contribution is -0.122. The van der Waals surface area contributed by atoms with Crippen LogP contribution < -0.4 is 11.1 Å². The van der Waals surface area contributed by atoms with Gasteiger partial charge in [0.2, 0.25) is 5.91 Å². The molecule has 1 aromatic heterocycles. The third kappa shape index (κ3) is 3.64. The van der Waals surface area contributed by atoms with Gasteiger partial charge in [0, 0.05) is 12.6 Å². The van der Waals surface area contributed by atoms with Crippen molar-refractivity contribution in [2.75, 3.05) is 6.61 Å². The molecule has 1 atom stereocenters. The molecule has 7 heteroatoms. The molecule has 1 aromatic rings. The van der Waals surface area contributed by atoms with Crippen LogP contribution in [0.1, 0.15) is 12.6 Å². The molecule has 0 spiro atoms. The van der Waals surface area contributed by atoms with Crippen molar-refractivity contribution < 1.29 is 9.90 Å². The lowest BCUT2D eigenvalue weighted by Crippen LogP contribution is -2.37. The number of aliphatic hydroxyl groups is 1. The van der Waals surface area contributed by atoms with Crippen molar-refractivity contribution in [3.63, 3.8) is 0 Å². The summed E-state index contributed by atoms with van der Waals surface area (Å²) in [6.45, 7) is 2.01. The minimum absolute atomic E-state index is 0.0807. The molecule has 0 fully saturated rings. The van der Waals surface area contributed by atoms with Gasteiger partial charge in [0.15, 0.2) is 0 Å². The average Bonchev–Trinajstić information content (AvgIpc) is 2.65. The van der Waals surface area contributed by atoms with E-state index in [9.17, 15) is 4.79 Å². The standard InChI is InChI=1S/C8H15N5O2/c1-6(5-14)10-8(15)4-13-3-7(2-9)11-12-13/h3,6,14H,2,4-5,9H2,1H3,(H,10,15). The molecule has 0 aliphatic carbocycles. The number of nitrogens with two attached hydrogens (primary N) is 1. The highest BCUT2D eigenvalue weighted by atomic mass is 16.3. The highest BCUT2D eigenvalue weighted by Crippen LogP contribution is 1.91. The van der Waals surface area contributed by atoms with Gasteiger partial charge in [-0.3, -0.25) is 4.79 Å². The summed E-state index contributed by atoms with van der Waals surface area (Å²) in [5.41, 5.74) is 5.98. The van der Waals surface area contributed by atoms with Crippen LogP contribution in [0.25, 0.3) is 0 Å². The third-order valence-corrected chi connectivity index (χ3v) is 1.78. The van der Waals surface area contributed by atoms with Gasteiger partial charge in [-0.15, -0.1) is 5.10 Å². The summed E-state index contributed by atoms with van der Waals surface area (Å²) in [6, 6.07) is -0.255. The number of rotatable bonds is 5. The number of carbonyl (C=O) groups is 1. The van der Waals surface area contributed by atoms with Gasteiger partial charge in [0.1, 0.15) is 6.54 Å². The third-order valence-electron chi connectivity index (χ3n) is 1.78. The van der Waals surface area contributed by atoms with Crippen LogP contribution in [0.15, 0.2) is 6.20 Å². The largest absolute Gasteiger partial charge is 0.394 e. The van der Waals surface area contributed by atoms with E-state index in [-0.39, 0.29) is 25.1 Å². The molecule has 0 radical (unpaired) electrons. The maximum Gasteiger partial charge on any atom is 0.242 e. The van der Waals surface area contributed by atoms with E-state index in [4.69, 9.17) is 10.8 Å². The molecular formula is C8H15N5O2. The molecular weight excluding hydrogens is 198 g/mol. The molecule has 0 aliphatic heterocycles. The maximum atomic E-state index is 11.3. The van der Waals surface area contributed by atoms with E-state index in [1.165, 1.54) is 4.68 Å². The van der Waals surface area contributed by atoms with Gasteiger partial charge >= 0.3 is 0 Å². The molecule has 0 saturated carbocycles. The Morgan fingerprint density at radius 1 is 1.80 bits per heavy atom.